The van der Waals surface area contributed by atoms with Gasteiger partial charge < -0.3 is 0 Å². The molecule has 0 radical (unpaired) electrons. The number of hydrogen-bond acceptors (Lipinski definition) is 0. The molecular formula is C29H32N2+2. The number of nitrogens with zero attached hydrogens (tertiary/aromatic N) is 2. The lowest BCUT2D eigenvalue weighted by molar-refractivity contribution is -0.702. The molecule has 0 saturated heterocycles. The Morgan fingerprint density at radius 3 is 1.68 bits per heavy atom. The molecule has 2 nitrogen and oxygen atoms in total. The number of hydrogen-bond donors (Lipinski definition) is 0. The van der Waals surface area contributed by atoms with Crippen molar-refractivity contribution in [3.8, 4) is 22.3 Å². The van der Waals surface area contributed by atoms with Crippen molar-refractivity contribution < 1.29 is 9.13 Å². The van der Waals surface area contributed by atoms with Crippen LogP contribution in [0.5, 0.6) is 0 Å². The Bertz CT molecular complexity index is 1160. The molecule has 4 rings (SSSR count). The molecule has 2 heterocycles. The Hall–Kier alpha value is -3.26. The summed E-state index contributed by atoms with van der Waals surface area (Å²) in [5, 5.41) is 0. The number of benzene rings is 2. The first-order valence-corrected chi connectivity index (χ1v) is 11.1. The molecule has 0 aliphatic rings. The highest BCUT2D eigenvalue weighted by molar-refractivity contribution is 5.72. The van der Waals surface area contributed by atoms with Crippen LogP contribution >= 0.6 is 0 Å². The molecule has 0 fully saturated rings. The maximum Gasteiger partial charge on any atom is 0.173 e. The minimum Gasteiger partial charge on any atom is -0.205 e. The normalized spacial score (nSPS) is 11.1. The molecule has 0 unspecified atom stereocenters. The Morgan fingerprint density at radius 2 is 1.16 bits per heavy atom. The summed E-state index contributed by atoms with van der Waals surface area (Å²) in [6, 6.07) is 24.0. The largest absolute Gasteiger partial charge is 0.205 e. The second kappa shape index (κ2) is 9.26. The molecule has 0 aliphatic heterocycles. The highest BCUT2D eigenvalue weighted by Crippen LogP contribution is 2.27. The summed E-state index contributed by atoms with van der Waals surface area (Å²) in [7, 11) is 0. The molecule has 0 aliphatic carbocycles. The SMILES string of the molecule is Cc1c[n+](Cc2ccccc2)ccc1-c1ccc(-c2cc[n+](CC(C)C)cc2C)cc1. The van der Waals surface area contributed by atoms with Crippen molar-refractivity contribution in [3.63, 3.8) is 0 Å². The van der Waals surface area contributed by atoms with Crippen molar-refractivity contribution in [3.05, 3.63) is 108 Å². The van der Waals surface area contributed by atoms with E-state index in [0.29, 0.717) is 5.92 Å². The van der Waals surface area contributed by atoms with Gasteiger partial charge in [-0.15, -0.1) is 0 Å². The van der Waals surface area contributed by atoms with Gasteiger partial charge in [0.2, 0.25) is 0 Å². The van der Waals surface area contributed by atoms with Gasteiger partial charge in [-0.3, -0.25) is 0 Å². The van der Waals surface area contributed by atoms with Crippen LogP contribution in [0, 0.1) is 19.8 Å². The second-order valence-electron chi connectivity index (χ2n) is 8.91. The van der Waals surface area contributed by atoms with Gasteiger partial charge in [0.15, 0.2) is 37.9 Å². The minimum atomic E-state index is 0.648. The predicted octanol–water partition coefficient (Wildman–Crippen LogP) is 5.92. The van der Waals surface area contributed by atoms with Gasteiger partial charge in [-0.1, -0.05) is 68.4 Å². The van der Waals surface area contributed by atoms with Gasteiger partial charge in [0, 0.05) is 34.7 Å². The average Bonchev–Trinajstić information content (AvgIpc) is 2.75. The van der Waals surface area contributed by atoms with Crippen molar-refractivity contribution in [1.29, 1.82) is 0 Å². The van der Waals surface area contributed by atoms with Gasteiger partial charge in [0.05, 0.1) is 0 Å². The van der Waals surface area contributed by atoms with Crippen LogP contribution in [0.4, 0.5) is 0 Å². The highest BCUT2D eigenvalue weighted by atomic mass is 14.9. The molecule has 0 spiro atoms. The van der Waals surface area contributed by atoms with E-state index in [1.165, 1.54) is 38.9 Å². The first-order valence-electron chi connectivity index (χ1n) is 11.1. The van der Waals surface area contributed by atoms with Gasteiger partial charge >= 0.3 is 0 Å². The van der Waals surface area contributed by atoms with Gasteiger partial charge in [-0.05, 0) is 36.1 Å². The van der Waals surface area contributed by atoms with Crippen LogP contribution in [0.15, 0.2) is 91.5 Å². The Morgan fingerprint density at radius 1 is 0.645 bits per heavy atom. The Kier molecular flexibility index (Phi) is 6.27. The lowest BCUT2D eigenvalue weighted by atomic mass is 9.97. The predicted molar refractivity (Wildman–Crippen MR) is 128 cm³/mol. The number of rotatable bonds is 6. The molecule has 0 atom stereocenters. The van der Waals surface area contributed by atoms with Crippen LogP contribution in [0.3, 0.4) is 0 Å². The third-order valence-corrected chi connectivity index (χ3v) is 5.72. The fraction of sp³-hybridized carbons (Fsp3) is 0.241. The second-order valence-corrected chi connectivity index (χ2v) is 8.91. The molecule has 2 aromatic carbocycles. The zero-order valence-corrected chi connectivity index (χ0v) is 19.0. The van der Waals surface area contributed by atoms with E-state index in [-0.39, 0.29) is 0 Å². The zero-order chi connectivity index (χ0) is 21.8. The van der Waals surface area contributed by atoms with Crippen LogP contribution in [-0.2, 0) is 13.1 Å². The first-order chi connectivity index (χ1) is 15.0. The standard InChI is InChI=1S/C29H32N2/c1-22(2)18-30-16-14-28(23(3)19-30)26-10-12-27(13-11-26)29-15-17-31(20-24(29)4)21-25-8-6-5-7-9-25/h5-17,19-20,22H,18,21H2,1-4H3/q+2. The monoisotopic (exact) mass is 408 g/mol. The summed E-state index contributed by atoms with van der Waals surface area (Å²) in [6.07, 6.45) is 8.88. The molecule has 2 aromatic heterocycles. The third kappa shape index (κ3) is 5.08. The van der Waals surface area contributed by atoms with Gasteiger partial charge in [-0.2, -0.15) is 0 Å². The average molecular weight is 409 g/mol. The zero-order valence-electron chi connectivity index (χ0n) is 19.0. The smallest absolute Gasteiger partial charge is 0.173 e. The topological polar surface area (TPSA) is 7.76 Å². The van der Waals surface area contributed by atoms with Gasteiger partial charge in [0.25, 0.3) is 0 Å². The van der Waals surface area contributed by atoms with E-state index in [1.807, 2.05) is 0 Å². The molecular weight excluding hydrogens is 376 g/mol. The maximum atomic E-state index is 2.29. The van der Waals surface area contributed by atoms with Crippen molar-refractivity contribution in [2.24, 2.45) is 5.92 Å². The van der Waals surface area contributed by atoms with E-state index in [0.717, 1.165) is 13.1 Å². The van der Waals surface area contributed by atoms with E-state index in [1.54, 1.807) is 0 Å². The minimum absolute atomic E-state index is 0.648. The molecule has 0 N–H and O–H groups in total. The van der Waals surface area contributed by atoms with E-state index in [9.17, 15) is 0 Å². The Labute approximate surface area is 186 Å². The summed E-state index contributed by atoms with van der Waals surface area (Å²) in [4.78, 5) is 0. The number of pyridine rings is 2. The maximum absolute atomic E-state index is 2.29. The molecule has 4 aromatic rings. The number of aromatic nitrogens is 2. The van der Waals surface area contributed by atoms with Crippen molar-refractivity contribution >= 4 is 0 Å². The number of aryl methyl sites for hydroxylation is 2. The summed E-state index contributed by atoms with van der Waals surface area (Å²) >= 11 is 0. The van der Waals surface area contributed by atoms with Gasteiger partial charge in [0.1, 0.15) is 0 Å². The van der Waals surface area contributed by atoms with E-state index in [4.69, 9.17) is 0 Å². The van der Waals surface area contributed by atoms with Crippen LogP contribution < -0.4 is 9.13 Å². The van der Waals surface area contributed by atoms with Gasteiger partial charge in [-0.25, -0.2) is 9.13 Å². The van der Waals surface area contributed by atoms with Crippen LogP contribution in [0.2, 0.25) is 0 Å². The molecule has 0 saturated carbocycles. The van der Waals surface area contributed by atoms with E-state index >= 15 is 0 Å². The highest BCUT2D eigenvalue weighted by Gasteiger charge is 2.12. The lowest BCUT2D eigenvalue weighted by Crippen LogP contribution is -2.35. The summed E-state index contributed by atoms with van der Waals surface area (Å²) in [5.74, 6) is 0.648. The van der Waals surface area contributed by atoms with Crippen molar-refractivity contribution in [1.82, 2.24) is 0 Å². The third-order valence-electron chi connectivity index (χ3n) is 5.72. The first kappa shape index (κ1) is 21.0. The fourth-order valence-electron chi connectivity index (χ4n) is 4.23. The van der Waals surface area contributed by atoms with E-state index in [2.05, 4.69) is 128 Å². The fourth-order valence-corrected chi connectivity index (χ4v) is 4.23. The molecule has 0 bridgehead atoms. The molecule has 0 amide bonds. The van der Waals surface area contributed by atoms with E-state index < -0.39 is 0 Å². The Balaban J connectivity index is 1.54. The quantitative estimate of drug-likeness (QED) is 0.350. The van der Waals surface area contributed by atoms with Crippen LogP contribution in [0.25, 0.3) is 22.3 Å². The summed E-state index contributed by atoms with van der Waals surface area (Å²) in [6.45, 7) is 10.8. The van der Waals surface area contributed by atoms with Crippen LogP contribution in [0.1, 0.15) is 30.5 Å². The summed E-state index contributed by atoms with van der Waals surface area (Å²) < 4.78 is 4.54. The summed E-state index contributed by atoms with van der Waals surface area (Å²) in [5.41, 5.74) is 9.04. The molecule has 156 valence electrons. The lowest BCUT2D eigenvalue weighted by Gasteiger charge is -2.09. The molecule has 2 heteroatoms. The van der Waals surface area contributed by atoms with Crippen molar-refractivity contribution in [2.45, 2.75) is 40.8 Å². The van der Waals surface area contributed by atoms with Crippen LogP contribution in [-0.4, -0.2) is 0 Å². The van der Waals surface area contributed by atoms with Crippen molar-refractivity contribution in [2.75, 3.05) is 0 Å². The molecule has 31 heavy (non-hydrogen) atoms.